The third-order valence-corrected chi connectivity index (χ3v) is 7.10. The van der Waals surface area contributed by atoms with Crippen molar-refractivity contribution < 1.29 is 28.9 Å². The van der Waals surface area contributed by atoms with Crippen LogP contribution in [0.15, 0.2) is 24.8 Å². The Morgan fingerprint density at radius 3 is 2.50 bits per heavy atom. The number of pyridine rings is 1. The Balaban J connectivity index is 0.00000361. The van der Waals surface area contributed by atoms with Crippen molar-refractivity contribution in [1.29, 1.82) is 0 Å². The summed E-state index contributed by atoms with van der Waals surface area (Å²) in [5.74, 6) is 0.159. The molecule has 0 unspecified atom stereocenters. The quantitative estimate of drug-likeness (QED) is 0.541. The number of nitrogens with zero attached hydrogens (tertiary/aromatic N) is 2. The largest absolute Gasteiger partial charge is 0.496 e. The van der Waals surface area contributed by atoms with Crippen molar-refractivity contribution >= 4 is 41.3 Å². The number of aromatic nitrogens is 1. The van der Waals surface area contributed by atoms with Gasteiger partial charge in [0.1, 0.15) is 23.6 Å². The first kappa shape index (κ1) is 27.5. The summed E-state index contributed by atoms with van der Waals surface area (Å²) in [4.78, 5) is 31.1. The molecule has 0 radical (unpaired) electrons. The van der Waals surface area contributed by atoms with E-state index in [1.165, 1.54) is 12.0 Å². The standard InChI is InChI=1S/C26H33N3O6.ClH/c1-4-15-10-18-19(12-21(15)33-2)28-23(34-3)13-22(18)35-17-11-20(26(31)32)29(14-17)25(30)24(27)16-8-6-5-7-9-16;/h4,10,12-13,16-17,20,24H,1,5-9,11,14,27H2,2-3H3,(H,31,32);1H/t17-,20+,24+;/m1./s1. The first-order valence-electron chi connectivity index (χ1n) is 12.0. The zero-order valence-electron chi connectivity index (χ0n) is 20.6. The molecular weight excluding hydrogens is 486 g/mol. The molecule has 2 aromatic rings. The average molecular weight is 520 g/mol. The predicted octanol–water partition coefficient (Wildman–Crippen LogP) is 3.66. The lowest BCUT2D eigenvalue weighted by Crippen LogP contribution is -2.51. The fraction of sp³-hybridized carbons (Fsp3) is 0.500. The summed E-state index contributed by atoms with van der Waals surface area (Å²) < 4.78 is 17.1. The SMILES string of the molecule is C=Cc1cc2c(O[C@@H]3C[C@@H](C(=O)O)N(C(=O)[C@@H](N)C4CCCCC4)C3)cc(OC)nc2cc1OC.Cl. The average Bonchev–Trinajstić information content (AvgIpc) is 3.31. The van der Waals surface area contributed by atoms with Crippen LogP contribution in [0.2, 0.25) is 0 Å². The van der Waals surface area contributed by atoms with Crippen LogP contribution in [0.4, 0.5) is 0 Å². The second-order valence-electron chi connectivity index (χ2n) is 9.22. The summed E-state index contributed by atoms with van der Waals surface area (Å²) >= 11 is 0. The van der Waals surface area contributed by atoms with Gasteiger partial charge in [0.2, 0.25) is 11.8 Å². The second-order valence-corrected chi connectivity index (χ2v) is 9.22. The van der Waals surface area contributed by atoms with Gasteiger partial charge in [-0.05, 0) is 24.8 Å². The number of methoxy groups -OCH3 is 2. The van der Waals surface area contributed by atoms with Gasteiger partial charge in [0.25, 0.3) is 0 Å². The van der Waals surface area contributed by atoms with Crippen LogP contribution in [0, 0.1) is 5.92 Å². The molecule has 1 amide bonds. The number of amides is 1. The number of hydrogen-bond acceptors (Lipinski definition) is 7. The van der Waals surface area contributed by atoms with Gasteiger partial charge in [-0.25, -0.2) is 9.78 Å². The molecule has 0 spiro atoms. The number of hydrogen-bond donors (Lipinski definition) is 2. The lowest BCUT2D eigenvalue weighted by molar-refractivity contribution is -0.149. The van der Waals surface area contributed by atoms with Crippen molar-refractivity contribution in [3.63, 3.8) is 0 Å². The molecule has 1 aromatic heterocycles. The Labute approximate surface area is 217 Å². The van der Waals surface area contributed by atoms with Crippen molar-refractivity contribution in [3.8, 4) is 17.4 Å². The number of carbonyl (C=O) groups excluding carboxylic acids is 1. The maximum Gasteiger partial charge on any atom is 0.326 e. The van der Waals surface area contributed by atoms with E-state index in [1.54, 1.807) is 25.3 Å². The molecule has 2 aliphatic rings. The van der Waals surface area contributed by atoms with Crippen LogP contribution < -0.4 is 19.9 Å². The van der Waals surface area contributed by atoms with Crippen molar-refractivity contribution in [2.24, 2.45) is 11.7 Å². The molecule has 4 rings (SSSR count). The second kappa shape index (κ2) is 11.8. The van der Waals surface area contributed by atoms with Gasteiger partial charge in [0, 0.05) is 29.5 Å². The molecule has 0 bridgehead atoms. The number of ether oxygens (including phenoxy) is 3. The van der Waals surface area contributed by atoms with Gasteiger partial charge in [-0.15, -0.1) is 12.4 Å². The molecule has 196 valence electrons. The fourth-order valence-corrected chi connectivity index (χ4v) is 5.18. The highest BCUT2D eigenvalue weighted by Crippen LogP contribution is 2.36. The fourth-order valence-electron chi connectivity index (χ4n) is 5.18. The lowest BCUT2D eigenvalue weighted by Gasteiger charge is -2.31. The minimum Gasteiger partial charge on any atom is -0.496 e. The molecule has 10 heteroatoms. The molecule has 36 heavy (non-hydrogen) atoms. The zero-order valence-corrected chi connectivity index (χ0v) is 21.5. The van der Waals surface area contributed by atoms with Crippen LogP contribution in [0.3, 0.4) is 0 Å². The van der Waals surface area contributed by atoms with Crippen molar-refractivity contribution in [2.75, 3.05) is 20.8 Å². The first-order valence-corrected chi connectivity index (χ1v) is 12.0. The third kappa shape index (κ3) is 5.52. The molecule has 1 aliphatic carbocycles. The van der Waals surface area contributed by atoms with Crippen LogP contribution >= 0.6 is 12.4 Å². The number of nitrogens with two attached hydrogens (primary N) is 1. The number of halogens is 1. The summed E-state index contributed by atoms with van der Waals surface area (Å²) in [6.45, 7) is 3.99. The van der Waals surface area contributed by atoms with E-state index in [9.17, 15) is 14.7 Å². The number of carboxylic acids is 1. The Kier molecular flexibility index (Phi) is 9.03. The van der Waals surface area contributed by atoms with Gasteiger partial charge in [0.05, 0.1) is 32.3 Å². The summed E-state index contributed by atoms with van der Waals surface area (Å²) in [5.41, 5.74) is 7.70. The van der Waals surface area contributed by atoms with Crippen LogP contribution in [-0.2, 0) is 9.59 Å². The van der Waals surface area contributed by atoms with E-state index >= 15 is 0 Å². The summed E-state index contributed by atoms with van der Waals surface area (Å²) in [6.07, 6.45) is 6.36. The van der Waals surface area contributed by atoms with Crippen LogP contribution in [0.1, 0.15) is 44.1 Å². The highest BCUT2D eigenvalue weighted by molar-refractivity contribution is 5.90. The van der Waals surface area contributed by atoms with E-state index in [4.69, 9.17) is 19.9 Å². The monoisotopic (exact) mass is 519 g/mol. The summed E-state index contributed by atoms with van der Waals surface area (Å²) in [7, 11) is 3.08. The van der Waals surface area contributed by atoms with Gasteiger partial charge in [0.15, 0.2) is 0 Å². The Hall–Kier alpha value is -3.04. The van der Waals surface area contributed by atoms with E-state index in [0.29, 0.717) is 28.3 Å². The Morgan fingerprint density at radius 2 is 1.89 bits per heavy atom. The van der Waals surface area contributed by atoms with Crippen molar-refractivity contribution in [2.45, 2.75) is 56.7 Å². The molecule has 3 atom stereocenters. The van der Waals surface area contributed by atoms with Crippen LogP contribution in [-0.4, -0.2) is 65.8 Å². The maximum atomic E-state index is 13.3. The van der Waals surface area contributed by atoms with E-state index in [-0.39, 0.29) is 37.2 Å². The highest BCUT2D eigenvalue weighted by Gasteiger charge is 2.43. The lowest BCUT2D eigenvalue weighted by atomic mass is 9.83. The molecule has 1 saturated heterocycles. The van der Waals surface area contributed by atoms with Crippen LogP contribution in [0.25, 0.3) is 17.0 Å². The first-order chi connectivity index (χ1) is 16.9. The smallest absolute Gasteiger partial charge is 0.326 e. The maximum absolute atomic E-state index is 13.3. The third-order valence-electron chi connectivity index (χ3n) is 7.10. The van der Waals surface area contributed by atoms with Gasteiger partial charge in [-0.2, -0.15) is 0 Å². The van der Waals surface area contributed by atoms with Crippen molar-refractivity contribution in [1.82, 2.24) is 9.88 Å². The van der Waals surface area contributed by atoms with E-state index in [2.05, 4.69) is 11.6 Å². The summed E-state index contributed by atoms with van der Waals surface area (Å²) in [6, 6.07) is 3.61. The number of rotatable bonds is 8. The highest BCUT2D eigenvalue weighted by atomic mass is 35.5. The zero-order chi connectivity index (χ0) is 25.1. The molecule has 2 heterocycles. The minimum atomic E-state index is -1.06. The normalized spacial score (nSPS) is 20.9. The summed E-state index contributed by atoms with van der Waals surface area (Å²) in [5, 5.41) is 10.5. The minimum absolute atomic E-state index is 0. The molecular formula is C26H34ClN3O6. The van der Waals surface area contributed by atoms with E-state index < -0.39 is 24.2 Å². The number of aliphatic carboxylic acids is 1. The number of likely N-dealkylation sites (tertiary alicyclic amines) is 1. The Morgan fingerprint density at radius 1 is 1.17 bits per heavy atom. The van der Waals surface area contributed by atoms with Crippen molar-refractivity contribution in [3.05, 3.63) is 30.3 Å². The number of benzene rings is 1. The Bertz CT molecular complexity index is 1120. The molecule has 1 aromatic carbocycles. The van der Waals surface area contributed by atoms with E-state index in [0.717, 1.165) is 37.7 Å². The predicted molar refractivity (Wildman–Crippen MR) is 139 cm³/mol. The molecule has 1 aliphatic heterocycles. The number of carboxylic acid groups (broad SMARTS) is 1. The van der Waals surface area contributed by atoms with Gasteiger partial charge < -0.3 is 30.0 Å². The molecule has 2 fully saturated rings. The van der Waals surface area contributed by atoms with E-state index in [1.807, 2.05) is 6.07 Å². The molecule has 9 nitrogen and oxygen atoms in total. The van der Waals surface area contributed by atoms with Gasteiger partial charge in [-0.3, -0.25) is 4.79 Å². The van der Waals surface area contributed by atoms with Crippen LogP contribution in [0.5, 0.6) is 17.4 Å². The molecule has 3 N–H and O–H groups in total. The number of carbonyl (C=O) groups is 2. The topological polar surface area (TPSA) is 124 Å². The molecule has 1 saturated carbocycles. The number of fused-ring (bicyclic) bond motifs is 1. The van der Waals surface area contributed by atoms with Gasteiger partial charge in [-0.1, -0.05) is 31.9 Å². The van der Waals surface area contributed by atoms with Gasteiger partial charge >= 0.3 is 5.97 Å².